The molecule has 0 N–H and O–H groups in total. The summed E-state index contributed by atoms with van der Waals surface area (Å²) in [5.41, 5.74) is 3.27. The lowest BCUT2D eigenvalue weighted by Gasteiger charge is -2.36. The number of carbonyl (C=O) groups is 2. The summed E-state index contributed by atoms with van der Waals surface area (Å²) in [5, 5.41) is 3.82. The maximum atomic E-state index is 13.5. The van der Waals surface area contributed by atoms with Crippen molar-refractivity contribution in [2.45, 2.75) is 32.7 Å². The van der Waals surface area contributed by atoms with Crippen molar-refractivity contribution in [1.29, 1.82) is 0 Å². The van der Waals surface area contributed by atoms with Crippen LogP contribution in [-0.2, 0) is 4.79 Å². The van der Waals surface area contributed by atoms with Crippen LogP contribution in [0.5, 0.6) is 0 Å². The van der Waals surface area contributed by atoms with Crippen molar-refractivity contribution < 1.29 is 14.1 Å². The van der Waals surface area contributed by atoms with Gasteiger partial charge in [-0.3, -0.25) is 14.6 Å². The van der Waals surface area contributed by atoms with Gasteiger partial charge in [-0.05, 0) is 43.9 Å². The Morgan fingerprint density at radius 3 is 2.44 bits per heavy atom. The molecule has 3 aromatic rings. The first-order chi connectivity index (χ1) is 15.5. The first-order valence-electron chi connectivity index (χ1n) is 10.9. The fraction of sp³-hybridized carbons (Fsp3) is 0.360. The number of carbonyl (C=O) groups excluding carboxylic acids is 2. The highest BCUT2D eigenvalue weighted by Gasteiger charge is 2.34. The van der Waals surface area contributed by atoms with Crippen molar-refractivity contribution in [3.8, 4) is 0 Å². The minimum absolute atomic E-state index is 0.0771. The Labute approximate surface area is 188 Å². The molecule has 0 spiro atoms. The molecule has 0 radical (unpaired) electrons. The summed E-state index contributed by atoms with van der Waals surface area (Å²) in [6, 6.07) is 15.3. The van der Waals surface area contributed by atoms with Gasteiger partial charge in [0.25, 0.3) is 5.91 Å². The molecule has 0 bridgehead atoms. The average molecular weight is 433 g/mol. The fourth-order valence-corrected chi connectivity index (χ4v) is 4.36. The first kappa shape index (κ1) is 21.7. The summed E-state index contributed by atoms with van der Waals surface area (Å²) in [5.74, 6) is 0.399. The molecule has 1 unspecified atom stereocenters. The molecule has 3 heterocycles. The number of pyridine rings is 1. The summed E-state index contributed by atoms with van der Waals surface area (Å²) >= 11 is 0. The first-order valence-corrected chi connectivity index (χ1v) is 10.9. The number of hydrogen-bond donors (Lipinski definition) is 0. The molecule has 32 heavy (non-hydrogen) atoms. The smallest absolute Gasteiger partial charge is 0.276 e. The molecule has 1 aromatic carbocycles. The van der Waals surface area contributed by atoms with E-state index in [4.69, 9.17) is 4.52 Å². The van der Waals surface area contributed by atoms with Crippen molar-refractivity contribution in [2.24, 2.45) is 5.92 Å². The second-order valence-corrected chi connectivity index (χ2v) is 8.36. The number of aromatic nitrogens is 2. The molecule has 2 amide bonds. The average Bonchev–Trinajstić information content (AvgIpc) is 3.26. The number of likely N-dealkylation sites (tertiary alicyclic amines) is 1. The van der Waals surface area contributed by atoms with Crippen molar-refractivity contribution in [3.63, 3.8) is 0 Å². The van der Waals surface area contributed by atoms with E-state index in [0.29, 0.717) is 37.4 Å². The molecule has 2 aromatic heterocycles. The van der Waals surface area contributed by atoms with Crippen LogP contribution < -0.4 is 0 Å². The van der Waals surface area contributed by atoms with Crippen LogP contribution in [0.1, 0.15) is 52.0 Å². The maximum Gasteiger partial charge on any atom is 0.276 e. The number of aryl methyl sites for hydroxylation is 2. The van der Waals surface area contributed by atoms with Gasteiger partial charge in [0.05, 0.1) is 11.7 Å². The van der Waals surface area contributed by atoms with Gasteiger partial charge in [-0.1, -0.05) is 41.6 Å². The summed E-state index contributed by atoms with van der Waals surface area (Å²) in [6.45, 7) is 4.82. The van der Waals surface area contributed by atoms with E-state index in [0.717, 1.165) is 16.8 Å². The zero-order valence-corrected chi connectivity index (χ0v) is 18.7. The van der Waals surface area contributed by atoms with Crippen LogP contribution >= 0.6 is 0 Å². The third kappa shape index (κ3) is 4.42. The van der Waals surface area contributed by atoms with Gasteiger partial charge in [-0.25, -0.2) is 0 Å². The van der Waals surface area contributed by atoms with Gasteiger partial charge in [-0.15, -0.1) is 0 Å². The van der Waals surface area contributed by atoms with Crippen LogP contribution in [0.2, 0.25) is 0 Å². The largest absolute Gasteiger partial charge is 0.361 e. The summed E-state index contributed by atoms with van der Waals surface area (Å²) in [6.07, 6.45) is 3.01. The number of rotatable bonds is 5. The number of piperidine rings is 1. The molecule has 1 fully saturated rings. The SMILES string of the molecule is Cc1cc(C(=O)N2CCC(C(=O)N(C)C(c3ccccc3)c3ncccc3C)CC2)no1. The Kier molecular flexibility index (Phi) is 6.35. The van der Waals surface area contributed by atoms with Crippen LogP contribution in [0.15, 0.2) is 59.3 Å². The second-order valence-electron chi connectivity index (χ2n) is 8.36. The third-order valence-corrected chi connectivity index (χ3v) is 6.14. The maximum absolute atomic E-state index is 13.5. The Bertz CT molecular complexity index is 1090. The molecule has 1 aliphatic rings. The number of amides is 2. The normalized spacial score (nSPS) is 15.4. The lowest BCUT2D eigenvalue weighted by molar-refractivity contribution is -0.137. The molecule has 0 aliphatic carbocycles. The summed E-state index contributed by atoms with van der Waals surface area (Å²) < 4.78 is 5.02. The Hall–Kier alpha value is -3.48. The van der Waals surface area contributed by atoms with E-state index in [2.05, 4.69) is 10.1 Å². The third-order valence-electron chi connectivity index (χ3n) is 6.14. The molecular weight excluding hydrogens is 404 g/mol. The predicted molar refractivity (Wildman–Crippen MR) is 120 cm³/mol. The van der Waals surface area contributed by atoms with E-state index in [1.807, 2.05) is 61.3 Å². The Morgan fingerprint density at radius 2 is 1.81 bits per heavy atom. The lowest BCUT2D eigenvalue weighted by atomic mass is 9.92. The van der Waals surface area contributed by atoms with Crippen molar-refractivity contribution in [2.75, 3.05) is 20.1 Å². The second kappa shape index (κ2) is 9.34. The van der Waals surface area contributed by atoms with Crippen molar-refractivity contribution >= 4 is 11.8 Å². The van der Waals surface area contributed by atoms with Crippen molar-refractivity contribution in [1.82, 2.24) is 19.9 Å². The molecule has 1 saturated heterocycles. The van der Waals surface area contributed by atoms with Gasteiger partial charge in [0.2, 0.25) is 5.91 Å². The van der Waals surface area contributed by atoms with Gasteiger partial charge >= 0.3 is 0 Å². The standard InChI is InChI=1S/C25H28N4O3/c1-17-8-7-13-26-22(17)23(19-9-5-4-6-10-19)28(3)24(30)20-11-14-29(15-12-20)25(31)21-16-18(2)32-27-21/h4-10,13,16,20,23H,11-12,14-15H2,1-3H3. The molecule has 1 aliphatic heterocycles. The van der Waals surface area contributed by atoms with Gasteiger partial charge in [0.15, 0.2) is 5.69 Å². The van der Waals surface area contributed by atoms with E-state index >= 15 is 0 Å². The van der Waals surface area contributed by atoms with Gasteiger partial charge in [0.1, 0.15) is 5.76 Å². The highest BCUT2D eigenvalue weighted by atomic mass is 16.5. The molecule has 7 nitrogen and oxygen atoms in total. The van der Waals surface area contributed by atoms with E-state index < -0.39 is 0 Å². The molecule has 4 rings (SSSR count). The van der Waals surface area contributed by atoms with E-state index in [-0.39, 0.29) is 23.8 Å². The quantitative estimate of drug-likeness (QED) is 0.613. The van der Waals surface area contributed by atoms with Gasteiger partial charge in [0, 0.05) is 38.3 Å². The summed E-state index contributed by atoms with van der Waals surface area (Å²) in [4.78, 5) is 34.3. The Morgan fingerprint density at radius 1 is 1.09 bits per heavy atom. The lowest BCUT2D eigenvalue weighted by Crippen LogP contribution is -2.44. The fourth-order valence-electron chi connectivity index (χ4n) is 4.36. The zero-order valence-electron chi connectivity index (χ0n) is 18.7. The van der Waals surface area contributed by atoms with Crippen LogP contribution in [0.3, 0.4) is 0 Å². The number of hydrogen-bond acceptors (Lipinski definition) is 5. The van der Waals surface area contributed by atoms with E-state index in [9.17, 15) is 9.59 Å². The number of benzene rings is 1. The van der Waals surface area contributed by atoms with Crippen LogP contribution in [0.4, 0.5) is 0 Å². The number of nitrogens with zero attached hydrogens (tertiary/aromatic N) is 4. The Balaban J connectivity index is 1.49. The van der Waals surface area contributed by atoms with Crippen molar-refractivity contribution in [3.05, 3.63) is 83.0 Å². The minimum Gasteiger partial charge on any atom is -0.361 e. The highest BCUT2D eigenvalue weighted by molar-refractivity contribution is 5.92. The zero-order chi connectivity index (χ0) is 22.7. The molecule has 166 valence electrons. The van der Waals surface area contributed by atoms with E-state index in [1.54, 1.807) is 24.1 Å². The monoisotopic (exact) mass is 432 g/mol. The van der Waals surface area contributed by atoms with Crippen LogP contribution in [0, 0.1) is 19.8 Å². The van der Waals surface area contributed by atoms with Gasteiger partial charge in [-0.2, -0.15) is 0 Å². The molecule has 0 saturated carbocycles. The highest BCUT2D eigenvalue weighted by Crippen LogP contribution is 2.31. The summed E-state index contributed by atoms with van der Waals surface area (Å²) in [7, 11) is 1.85. The molecule has 7 heteroatoms. The predicted octanol–water partition coefficient (Wildman–Crippen LogP) is 3.79. The van der Waals surface area contributed by atoms with E-state index in [1.165, 1.54) is 0 Å². The van der Waals surface area contributed by atoms with Gasteiger partial charge < -0.3 is 14.3 Å². The molecule has 1 atom stereocenters. The van der Waals surface area contributed by atoms with Crippen LogP contribution in [-0.4, -0.2) is 51.9 Å². The molecular formula is C25H28N4O3. The minimum atomic E-state index is -0.261. The topological polar surface area (TPSA) is 79.5 Å². The van der Waals surface area contributed by atoms with Crippen LogP contribution in [0.25, 0.3) is 0 Å².